The van der Waals surface area contributed by atoms with Gasteiger partial charge in [-0.05, 0) is 19.1 Å². The van der Waals surface area contributed by atoms with Crippen LogP contribution in [0, 0.1) is 0 Å². The van der Waals surface area contributed by atoms with E-state index >= 15 is 0 Å². The van der Waals surface area contributed by atoms with Crippen LogP contribution in [-0.2, 0) is 9.59 Å². The zero-order chi connectivity index (χ0) is 14.8. The second-order valence-electron chi connectivity index (χ2n) is 4.53. The van der Waals surface area contributed by atoms with Crippen molar-refractivity contribution < 1.29 is 14.3 Å². The lowest BCUT2D eigenvalue weighted by atomic mass is 10.2. The van der Waals surface area contributed by atoms with Crippen LogP contribution in [0.25, 0.3) is 0 Å². The average Bonchev–Trinajstić information content (AvgIpc) is 2.96. The molecule has 0 bridgehead atoms. The van der Waals surface area contributed by atoms with Gasteiger partial charge in [-0.3, -0.25) is 19.8 Å². The van der Waals surface area contributed by atoms with E-state index in [9.17, 15) is 9.59 Å². The number of carbonyl (C=O) groups is 2. The number of nitrogens with zero attached hydrogens (tertiary/aromatic N) is 3. The predicted octanol–water partition coefficient (Wildman–Crippen LogP) is 0.557. The summed E-state index contributed by atoms with van der Waals surface area (Å²) in [5.74, 6) is 0.185. The minimum Gasteiger partial charge on any atom is -0.479 e. The van der Waals surface area contributed by atoms with Crippen LogP contribution in [0.1, 0.15) is 6.92 Å². The van der Waals surface area contributed by atoms with Gasteiger partial charge in [-0.25, -0.2) is 5.10 Å². The summed E-state index contributed by atoms with van der Waals surface area (Å²) in [5.41, 5.74) is 0.577. The maximum absolute atomic E-state index is 12.2. The number of amides is 2. The molecule has 1 aliphatic rings. The SMILES string of the molecule is C[C@H]1Oc2ccccc2N(CC(=O)Nc2ncn[nH]2)C1=O. The number of benzene rings is 1. The van der Waals surface area contributed by atoms with Crippen molar-refractivity contribution in [2.24, 2.45) is 0 Å². The Labute approximate surface area is 120 Å². The smallest absolute Gasteiger partial charge is 0.268 e. The topological polar surface area (TPSA) is 100 Å². The number of fused-ring (bicyclic) bond motifs is 1. The van der Waals surface area contributed by atoms with Crippen LogP contribution < -0.4 is 15.0 Å². The monoisotopic (exact) mass is 287 g/mol. The van der Waals surface area contributed by atoms with Crippen LogP contribution in [0.15, 0.2) is 30.6 Å². The Morgan fingerprint density at radius 3 is 3.05 bits per heavy atom. The van der Waals surface area contributed by atoms with Gasteiger partial charge < -0.3 is 4.74 Å². The fraction of sp³-hybridized carbons (Fsp3) is 0.231. The van der Waals surface area contributed by atoms with Gasteiger partial charge in [0.2, 0.25) is 11.9 Å². The van der Waals surface area contributed by atoms with E-state index in [1.165, 1.54) is 11.2 Å². The van der Waals surface area contributed by atoms with E-state index in [4.69, 9.17) is 4.74 Å². The predicted molar refractivity (Wildman–Crippen MR) is 73.9 cm³/mol. The lowest BCUT2D eigenvalue weighted by molar-refractivity contribution is -0.127. The molecule has 2 aromatic rings. The highest BCUT2D eigenvalue weighted by molar-refractivity contribution is 6.05. The molecule has 0 radical (unpaired) electrons. The number of H-pyrrole nitrogens is 1. The molecule has 8 heteroatoms. The van der Waals surface area contributed by atoms with Crippen molar-refractivity contribution in [3.8, 4) is 5.75 Å². The van der Waals surface area contributed by atoms with Crippen molar-refractivity contribution in [2.75, 3.05) is 16.8 Å². The molecule has 108 valence electrons. The summed E-state index contributed by atoms with van der Waals surface area (Å²) in [5, 5.41) is 8.69. The van der Waals surface area contributed by atoms with E-state index in [-0.39, 0.29) is 24.3 Å². The van der Waals surface area contributed by atoms with E-state index in [1.54, 1.807) is 25.1 Å². The normalized spacial score (nSPS) is 17.1. The third-order valence-electron chi connectivity index (χ3n) is 3.05. The van der Waals surface area contributed by atoms with Gasteiger partial charge in [-0.15, -0.1) is 0 Å². The van der Waals surface area contributed by atoms with Crippen molar-refractivity contribution in [1.29, 1.82) is 0 Å². The Bertz CT molecular complexity index is 670. The number of ether oxygens (including phenoxy) is 1. The quantitative estimate of drug-likeness (QED) is 0.859. The van der Waals surface area contributed by atoms with Gasteiger partial charge in [-0.2, -0.15) is 10.1 Å². The lowest BCUT2D eigenvalue weighted by Crippen LogP contribution is -2.47. The first-order valence-electron chi connectivity index (χ1n) is 6.37. The first kappa shape index (κ1) is 13.1. The number of aromatic amines is 1. The summed E-state index contributed by atoms with van der Waals surface area (Å²) in [6.45, 7) is 1.53. The third kappa shape index (κ3) is 2.55. The molecular formula is C13H13N5O3. The van der Waals surface area contributed by atoms with E-state index in [0.29, 0.717) is 11.4 Å². The van der Waals surface area contributed by atoms with Crippen molar-refractivity contribution >= 4 is 23.5 Å². The summed E-state index contributed by atoms with van der Waals surface area (Å²) < 4.78 is 5.51. The molecule has 0 saturated heterocycles. The van der Waals surface area contributed by atoms with Gasteiger partial charge in [0, 0.05) is 0 Å². The average molecular weight is 287 g/mol. The Hall–Kier alpha value is -2.90. The van der Waals surface area contributed by atoms with Crippen LogP contribution in [0.3, 0.4) is 0 Å². The molecule has 0 fully saturated rings. The summed E-state index contributed by atoms with van der Waals surface area (Å²) in [6.07, 6.45) is 0.658. The van der Waals surface area contributed by atoms with Crippen LogP contribution >= 0.6 is 0 Å². The van der Waals surface area contributed by atoms with Crippen LogP contribution in [0.5, 0.6) is 5.75 Å². The molecule has 8 nitrogen and oxygen atoms in total. The maximum atomic E-state index is 12.2. The molecule has 0 unspecified atom stereocenters. The van der Waals surface area contributed by atoms with Crippen LogP contribution in [0.4, 0.5) is 11.6 Å². The molecule has 21 heavy (non-hydrogen) atoms. The van der Waals surface area contributed by atoms with Gasteiger partial charge in [0.15, 0.2) is 6.10 Å². The second kappa shape index (κ2) is 5.23. The van der Waals surface area contributed by atoms with E-state index in [2.05, 4.69) is 20.5 Å². The highest BCUT2D eigenvalue weighted by atomic mass is 16.5. The molecule has 1 aromatic carbocycles. The highest BCUT2D eigenvalue weighted by Crippen LogP contribution is 2.33. The number of aromatic nitrogens is 3. The van der Waals surface area contributed by atoms with Crippen LogP contribution in [0.2, 0.25) is 0 Å². The lowest BCUT2D eigenvalue weighted by Gasteiger charge is -2.32. The van der Waals surface area contributed by atoms with Gasteiger partial charge in [-0.1, -0.05) is 12.1 Å². The zero-order valence-corrected chi connectivity index (χ0v) is 11.2. The molecule has 0 spiro atoms. The molecule has 0 saturated carbocycles. The number of rotatable bonds is 3. The number of hydrogen-bond acceptors (Lipinski definition) is 5. The molecule has 1 atom stereocenters. The molecule has 1 aliphatic heterocycles. The van der Waals surface area contributed by atoms with E-state index in [0.717, 1.165) is 0 Å². The molecule has 2 amide bonds. The fourth-order valence-electron chi connectivity index (χ4n) is 2.10. The van der Waals surface area contributed by atoms with E-state index < -0.39 is 6.10 Å². The Morgan fingerprint density at radius 1 is 1.48 bits per heavy atom. The van der Waals surface area contributed by atoms with Crippen molar-refractivity contribution in [1.82, 2.24) is 15.2 Å². The zero-order valence-electron chi connectivity index (χ0n) is 11.2. The van der Waals surface area contributed by atoms with Gasteiger partial charge in [0.1, 0.15) is 18.6 Å². The first-order valence-corrected chi connectivity index (χ1v) is 6.37. The molecular weight excluding hydrogens is 274 g/mol. The Balaban J connectivity index is 1.80. The number of anilines is 2. The summed E-state index contributed by atoms with van der Waals surface area (Å²) >= 11 is 0. The Kier molecular flexibility index (Phi) is 3.27. The third-order valence-corrected chi connectivity index (χ3v) is 3.05. The van der Waals surface area contributed by atoms with E-state index in [1.807, 2.05) is 6.07 Å². The maximum Gasteiger partial charge on any atom is 0.268 e. The first-order chi connectivity index (χ1) is 10.1. The molecule has 2 heterocycles. The number of carbonyl (C=O) groups excluding carboxylic acids is 2. The largest absolute Gasteiger partial charge is 0.479 e. The van der Waals surface area contributed by atoms with Crippen LogP contribution in [-0.4, -0.2) is 39.6 Å². The minimum absolute atomic E-state index is 0.121. The van der Waals surface area contributed by atoms with Crippen molar-refractivity contribution in [3.63, 3.8) is 0 Å². The molecule has 3 rings (SSSR count). The van der Waals surface area contributed by atoms with Gasteiger partial charge >= 0.3 is 0 Å². The molecule has 2 N–H and O–H groups in total. The van der Waals surface area contributed by atoms with Crippen molar-refractivity contribution in [2.45, 2.75) is 13.0 Å². The summed E-state index contributed by atoms with van der Waals surface area (Å²) in [4.78, 5) is 29.4. The van der Waals surface area contributed by atoms with Crippen molar-refractivity contribution in [3.05, 3.63) is 30.6 Å². The summed E-state index contributed by atoms with van der Waals surface area (Å²) in [7, 11) is 0. The minimum atomic E-state index is -0.627. The number of para-hydroxylation sites is 2. The molecule has 0 aliphatic carbocycles. The highest BCUT2D eigenvalue weighted by Gasteiger charge is 2.32. The standard InChI is InChI=1S/C13H13N5O3/c1-8-12(20)18(9-4-2-3-5-10(9)21-8)6-11(19)16-13-14-7-15-17-13/h2-5,7-8H,6H2,1H3,(H2,14,15,16,17,19)/t8-/m1/s1. The summed E-state index contributed by atoms with van der Waals surface area (Å²) in [6, 6.07) is 7.10. The number of nitrogens with one attached hydrogen (secondary N) is 2. The second-order valence-corrected chi connectivity index (χ2v) is 4.53. The van der Waals surface area contributed by atoms with Gasteiger partial charge in [0.05, 0.1) is 5.69 Å². The van der Waals surface area contributed by atoms with Gasteiger partial charge in [0.25, 0.3) is 5.91 Å². The number of hydrogen-bond donors (Lipinski definition) is 2. The Morgan fingerprint density at radius 2 is 2.29 bits per heavy atom. The molecule has 1 aromatic heterocycles. The fourth-order valence-corrected chi connectivity index (χ4v) is 2.10.